The van der Waals surface area contributed by atoms with Gasteiger partial charge in [0, 0.05) is 44.1 Å². The fourth-order valence-corrected chi connectivity index (χ4v) is 3.61. The minimum absolute atomic E-state index is 0.0241. The monoisotopic (exact) mass is 406 g/mol. The van der Waals surface area contributed by atoms with Gasteiger partial charge in [0.25, 0.3) is 0 Å². The zero-order valence-corrected chi connectivity index (χ0v) is 17.3. The van der Waals surface area contributed by atoms with Crippen LogP contribution in [0.3, 0.4) is 0 Å². The second kappa shape index (κ2) is 8.94. The van der Waals surface area contributed by atoms with Crippen molar-refractivity contribution < 1.29 is 9.53 Å². The highest BCUT2D eigenvalue weighted by Crippen LogP contribution is 2.21. The number of hydrogen-bond donors (Lipinski definition) is 1. The van der Waals surface area contributed by atoms with Crippen molar-refractivity contribution >= 4 is 11.9 Å². The largest absolute Gasteiger partial charge is 0.494 e. The van der Waals surface area contributed by atoms with Gasteiger partial charge in [-0.1, -0.05) is 12.1 Å². The van der Waals surface area contributed by atoms with Crippen LogP contribution in [0.1, 0.15) is 18.9 Å². The van der Waals surface area contributed by atoms with Gasteiger partial charge in [0.15, 0.2) is 0 Å². The number of nitrogens with zero attached hydrogens (tertiary/aromatic N) is 5. The van der Waals surface area contributed by atoms with E-state index in [1.54, 1.807) is 17.1 Å². The number of hydrogen-bond acceptors (Lipinski definition) is 6. The number of aromatic nitrogens is 4. The number of aryl methyl sites for hydroxylation is 1. The molecule has 30 heavy (non-hydrogen) atoms. The summed E-state index contributed by atoms with van der Waals surface area (Å²) < 4.78 is 7.20. The molecule has 1 saturated heterocycles. The fraction of sp³-hybridized carbons (Fsp3) is 0.364. The Morgan fingerprint density at radius 2 is 2.10 bits per heavy atom. The Kier molecular flexibility index (Phi) is 5.92. The van der Waals surface area contributed by atoms with Gasteiger partial charge in [-0.3, -0.25) is 9.48 Å². The first kappa shape index (κ1) is 19.9. The molecule has 1 aliphatic rings. The zero-order valence-electron chi connectivity index (χ0n) is 17.3. The summed E-state index contributed by atoms with van der Waals surface area (Å²) in [5.41, 5.74) is 2.77. The van der Waals surface area contributed by atoms with Gasteiger partial charge in [0.05, 0.1) is 24.9 Å². The predicted octanol–water partition coefficient (Wildman–Crippen LogP) is 2.21. The average molecular weight is 406 g/mol. The number of carbonyl (C=O) groups is 1. The molecule has 8 nitrogen and oxygen atoms in total. The van der Waals surface area contributed by atoms with Crippen molar-refractivity contribution in [1.82, 2.24) is 25.1 Å². The molecule has 1 N–H and O–H groups in total. The van der Waals surface area contributed by atoms with E-state index in [2.05, 4.69) is 25.3 Å². The third-order valence-corrected chi connectivity index (χ3v) is 5.08. The lowest BCUT2D eigenvalue weighted by molar-refractivity contribution is -0.121. The standard InChI is InChI=1S/C22H26N6O2/c1-3-30-19-6-4-16(5-7-19)12-21(29)25-18-9-11-28(15-18)22-23-10-8-20(26-22)17-13-24-27(2)14-17/h4-8,10,13-14,18H,3,9,11-12,15H2,1-2H3,(H,25,29). The molecule has 1 amide bonds. The molecule has 0 radical (unpaired) electrons. The van der Waals surface area contributed by atoms with Crippen molar-refractivity contribution in [3.63, 3.8) is 0 Å². The van der Waals surface area contributed by atoms with Crippen LogP contribution < -0.4 is 15.0 Å². The van der Waals surface area contributed by atoms with Crippen molar-refractivity contribution in [3.8, 4) is 17.0 Å². The first-order chi connectivity index (χ1) is 14.6. The molecule has 0 spiro atoms. The van der Waals surface area contributed by atoms with Gasteiger partial charge in [-0.05, 0) is 37.1 Å². The summed E-state index contributed by atoms with van der Waals surface area (Å²) in [5, 5.41) is 7.34. The highest BCUT2D eigenvalue weighted by molar-refractivity contribution is 5.79. The SMILES string of the molecule is CCOc1ccc(CC(=O)NC2CCN(c3nccc(-c4cnn(C)c4)n3)C2)cc1. The van der Waals surface area contributed by atoms with E-state index >= 15 is 0 Å². The molecule has 3 aromatic rings. The number of anilines is 1. The third-order valence-electron chi connectivity index (χ3n) is 5.08. The van der Waals surface area contributed by atoms with E-state index in [0.29, 0.717) is 25.5 Å². The summed E-state index contributed by atoms with van der Waals surface area (Å²) in [7, 11) is 1.88. The number of amides is 1. The topological polar surface area (TPSA) is 85.2 Å². The quantitative estimate of drug-likeness (QED) is 0.648. The smallest absolute Gasteiger partial charge is 0.225 e. The molecule has 1 unspecified atom stereocenters. The van der Waals surface area contributed by atoms with Crippen LogP contribution in [0.2, 0.25) is 0 Å². The zero-order chi connectivity index (χ0) is 20.9. The van der Waals surface area contributed by atoms with Gasteiger partial charge in [-0.25, -0.2) is 9.97 Å². The van der Waals surface area contributed by atoms with Gasteiger partial charge >= 0.3 is 0 Å². The predicted molar refractivity (Wildman–Crippen MR) is 114 cm³/mol. The van der Waals surface area contributed by atoms with Crippen molar-refractivity contribution in [2.45, 2.75) is 25.8 Å². The maximum atomic E-state index is 12.5. The number of rotatable bonds is 7. The molecule has 2 aromatic heterocycles. The van der Waals surface area contributed by atoms with Gasteiger partial charge in [0.2, 0.25) is 11.9 Å². The van der Waals surface area contributed by atoms with E-state index in [4.69, 9.17) is 4.74 Å². The van der Waals surface area contributed by atoms with Crippen LogP contribution in [0, 0.1) is 0 Å². The average Bonchev–Trinajstić information content (AvgIpc) is 3.39. The lowest BCUT2D eigenvalue weighted by Crippen LogP contribution is -2.38. The van der Waals surface area contributed by atoms with E-state index in [9.17, 15) is 4.79 Å². The van der Waals surface area contributed by atoms with E-state index in [-0.39, 0.29) is 11.9 Å². The van der Waals surface area contributed by atoms with Crippen LogP contribution in [0.5, 0.6) is 5.75 Å². The molecular formula is C22H26N6O2. The lowest BCUT2D eigenvalue weighted by Gasteiger charge is -2.17. The molecule has 3 heterocycles. The Hall–Kier alpha value is -3.42. The molecule has 4 rings (SSSR count). The summed E-state index contributed by atoms with van der Waals surface area (Å²) in [4.78, 5) is 23.7. The normalized spacial score (nSPS) is 15.9. The fourth-order valence-electron chi connectivity index (χ4n) is 3.61. The summed E-state index contributed by atoms with van der Waals surface area (Å²) in [5.74, 6) is 1.53. The van der Waals surface area contributed by atoms with Crippen molar-refractivity contribution in [2.24, 2.45) is 7.05 Å². The second-order valence-corrected chi connectivity index (χ2v) is 7.40. The molecule has 1 aliphatic heterocycles. The van der Waals surface area contributed by atoms with Gasteiger partial charge < -0.3 is 15.0 Å². The van der Waals surface area contributed by atoms with Crippen molar-refractivity contribution in [1.29, 1.82) is 0 Å². The Morgan fingerprint density at radius 3 is 2.83 bits per heavy atom. The van der Waals surface area contributed by atoms with E-state index < -0.39 is 0 Å². The Labute approximate surface area is 175 Å². The van der Waals surface area contributed by atoms with E-state index in [1.165, 1.54) is 0 Å². The molecule has 156 valence electrons. The second-order valence-electron chi connectivity index (χ2n) is 7.40. The molecule has 0 bridgehead atoms. The van der Waals surface area contributed by atoms with Gasteiger partial charge in [-0.15, -0.1) is 0 Å². The maximum Gasteiger partial charge on any atom is 0.225 e. The van der Waals surface area contributed by atoms with Crippen LogP contribution in [0.15, 0.2) is 48.9 Å². The number of benzene rings is 1. The lowest BCUT2D eigenvalue weighted by atomic mass is 10.1. The van der Waals surface area contributed by atoms with Gasteiger partial charge in [0.1, 0.15) is 5.75 Å². The molecular weight excluding hydrogens is 380 g/mol. The highest BCUT2D eigenvalue weighted by Gasteiger charge is 2.26. The first-order valence-electron chi connectivity index (χ1n) is 10.2. The van der Waals surface area contributed by atoms with Crippen molar-refractivity contribution in [2.75, 3.05) is 24.6 Å². The maximum absolute atomic E-state index is 12.5. The molecule has 1 fully saturated rings. The highest BCUT2D eigenvalue weighted by atomic mass is 16.5. The van der Waals surface area contributed by atoms with Crippen LogP contribution in [0.25, 0.3) is 11.3 Å². The molecule has 8 heteroatoms. The molecule has 1 atom stereocenters. The Bertz CT molecular complexity index is 1000. The number of ether oxygens (including phenoxy) is 1. The minimum Gasteiger partial charge on any atom is -0.494 e. The molecule has 1 aromatic carbocycles. The Morgan fingerprint density at radius 1 is 1.27 bits per heavy atom. The summed E-state index contributed by atoms with van der Waals surface area (Å²) in [6.45, 7) is 4.09. The Balaban J connectivity index is 1.32. The first-order valence-corrected chi connectivity index (χ1v) is 10.2. The van der Waals surface area contributed by atoms with E-state index in [0.717, 1.165) is 35.5 Å². The number of nitrogens with one attached hydrogen (secondary N) is 1. The summed E-state index contributed by atoms with van der Waals surface area (Å²) in [6.07, 6.45) is 6.72. The summed E-state index contributed by atoms with van der Waals surface area (Å²) in [6, 6.07) is 9.64. The van der Waals surface area contributed by atoms with Gasteiger partial charge in [-0.2, -0.15) is 5.10 Å². The van der Waals surface area contributed by atoms with Crippen molar-refractivity contribution in [3.05, 3.63) is 54.5 Å². The minimum atomic E-state index is 0.0241. The van der Waals surface area contributed by atoms with Crippen LogP contribution >= 0.6 is 0 Å². The molecule has 0 aliphatic carbocycles. The van der Waals surface area contributed by atoms with Crippen LogP contribution in [-0.4, -0.2) is 51.4 Å². The van der Waals surface area contributed by atoms with Crippen LogP contribution in [0.4, 0.5) is 5.95 Å². The third kappa shape index (κ3) is 4.76. The van der Waals surface area contributed by atoms with E-state index in [1.807, 2.05) is 50.5 Å². The molecule has 0 saturated carbocycles. The summed E-state index contributed by atoms with van der Waals surface area (Å²) >= 11 is 0. The van der Waals surface area contributed by atoms with Crippen LogP contribution in [-0.2, 0) is 18.3 Å². The number of carbonyl (C=O) groups excluding carboxylic acids is 1.